The van der Waals surface area contributed by atoms with Crippen molar-refractivity contribution in [3.05, 3.63) is 71.4 Å². The van der Waals surface area contributed by atoms with Gasteiger partial charge in [0.1, 0.15) is 11.9 Å². The molecule has 0 spiro atoms. The van der Waals surface area contributed by atoms with Crippen molar-refractivity contribution in [1.82, 2.24) is 19.6 Å². The van der Waals surface area contributed by atoms with Crippen molar-refractivity contribution in [2.45, 2.75) is 45.1 Å². The SMILES string of the molecule is CN(Cc1cc2n(n1)CCCN(Cc1ccoc1)C2)CC1Cc2ccccc2O1. The molecule has 1 atom stereocenters. The number of fused-ring (bicyclic) bond motifs is 2. The number of benzene rings is 1. The van der Waals surface area contributed by atoms with Gasteiger partial charge in [-0.2, -0.15) is 5.10 Å². The van der Waals surface area contributed by atoms with Crippen molar-refractivity contribution in [3.8, 4) is 5.75 Å². The highest BCUT2D eigenvalue weighted by Gasteiger charge is 2.24. The topological polar surface area (TPSA) is 46.7 Å². The van der Waals surface area contributed by atoms with Gasteiger partial charge in [-0.25, -0.2) is 0 Å². The van der Waals surface area contributed by atoms with Crippen molar-refractivity contribution in [2.75, 3.05) is 20.1 Å². The Morgan fingerprint density at radius 1 is 1.21 bits per heavy atom. The largest absolute Gasteiger partial charge is 0.488 e. The first-order valence-corrected chi connectivity index (χ1v) is 10.4. The zero-order valence-electron chi connectivity index (χ0n) is 17.0. The first kappa shape index (κ1) is 18.5. The maximum absolute atomic E-state index is 6.10. The summed E-state index contributed by atoms with van der Waals surface area (Å²) in [7, 11) is 2.15. The first-order chi connectivity index (χ1) is 14.2. The normalized spacial score (nSPS) is 19.0. The van der Waals surface area contributed by atoms with Crippen LogP contribution in [0.25, 0.3) is 0 Å². The smallest absolute Gasteiger partial charge is 0.123 e. The van der Waals surface area contributed by atoms with Crippen molar-refractivity contribution in [2.24, 2.45) is 0 Å². The lowest BCUT2D eigenvalue weighted by Crippen LogP contribution is -2.31. The fourth-order valence-electron chi connectivity index (χ4n) is 4.49. The van der Waals surface area contributed by atoms with Crippen LogP contribution < -0.4 is 4.74 Å². The number of aromatic nitrogens is 2. The summed E-state index contributed by atoms with van der Waals surface area (Å²) in [6.45, 7) is 5.69. The lowest BCUT2D eigenvalue weighted by Gasteiger charge is -2.20. The van der Waals surface area contributed by atoms with Crippen LogP contribution >= 0.6 is 0 Å². The predicted octanol–water partition coefficient (Wildman–Crippen LogP) is 3.32. The molecular formula is C23H28N4O2. The minimum Gasteiger partial charge on any atom is -0.488 e. The van der Waals surface area contributed by atoms with Gasteiger partial charge >= 0.3 is 0 Å². The third-order valence-electron chi connectivity index (χ3n) is 5.79. The standard InChI is InChI=1S/C23H28N4O2/c1-25(16-22-11-19-5-2-3-6-23(19)29-22)14-20-12-21-15-26(8-4-9-27(21)24-20)13-18-7-10-28-17-18/h2-3,5-7,10,12,17,22H,4,8-9,11,13-16H2,1H3. The Bertz CT molecular complexity index is 925. The summed E-state index contributed by atoms with van der Waals surface area (Å²) in [6, 6.07) is 12.7. The van der Waals surface area contributed by atoms with E-state index in [0.29, 0.717) is 0 Å². The van der Waals surface area contributed by atoms with Crippen LogP contribution in [0.3, 0.4) is 0 Å². The van der Waals surface area contributed by atoms with E-state index >= 15 is 0 Å². The molecule has 6 nitrogen and oxygen atoms in total. The van der Waals surface area contributed by atoms with Gasteiger partial charge in [0, 0.05) is 51.3 Å². The van der Waals surface area contributed by atoms with Crippen LogP contribution in [0.5, 0.6) is 5.75 Å². The van der Waals surface area contributed by atoms with Gasteiger partial charge < -0.3 is 9.15 Å². The second kappa shape index (κ2) is 8.05. The molecule has 1 unspecified atom stereocenters. The molecule has 6 heteroatoms. The summed E-state index contributed by atoms with van der Waals surface area (Å²) < 4.78 is 13.5. The molecule has 0 amide bonds. The Labute approximate surface area is 171 Å². The predicted molar refractivity (Wildman–Crippen MR) is 111 cm³/mol. The van der Waals surface area contributed by atoms with Crippen molar-refractivity contribution < 1.29 is 9.15 Å². The van der Waals surface area contributed by atoms with Crippen LogP contribution in [0.15, 0.2) is 53.3 Å². The van der Waals surface area contributed by atoms with Crippen LogP contribution in [0.4, 0.5) is 0 Å². The molecule has 29 heavy (non-hydrogen) atoms. The maximum Gasteiger partial charge on any atom is 0.123 e. The number of hydrogen-bond donors (Lipinski definition) is 0. The molecule has 2 aromatic heterocycles. The molecule has 0 aliphatic carbocycles. The van der Waals surface area contributed by atoms with Gasteiger partial charge in [-0.1, -0.05) is 18.2 Å². The molecule has 5 rings (SSSR count). The Morgan fingerprint density at radius 2 is 2.14 bits per heavy atom. The highest BCUT2D eigenvalue weighted by atomic mass is 16.5. The molecule has 0 saturated heterocycles. The lowest BCUT2D eigenvalue weighted by molar-refractivity contribution is 0.164. The van der Waals surface area contributed by atoms with Crippen LogP contribution in [0.2, 0.25) is 0 Å². The number of nitrogens with zero attached hydrogens (tertiary/aromatic N) is 4. The molecule has 2 aliphatic heterocycles. The van der Waals surface area contributed by atoms with E-state index in [2.05, 4.69) is 45.8 Å². The van der Waals surface area contributed by atoms with E-state index < -0.39 is 0 Å². The molecule has 3 aromatic rings. The molecule has 0 bridgehead atoms. The Hall–Kier alpha value is -2.57. The quantitative estimate of drug-likeness (QED) is 0.644. The number of ether oxygens (including phenoxy) is 1. The first-order valence-electron chi connectivity index (χ1n) is 10.4. The van der Waals surface area contributed by atoms with Crippen molar-refractivity contribution in [3.63, 3.8) is 0 Å². The fourth-order valence-corrected chi connectivity index (χ4v) is 4.49. The van der Waals surface area contributed by atoms with Crippen molar-refractivity contribution in [1.29, 1.82) is 0 Å². The molecule has 4 heterocycles. The number of hydrogen-bond acceptors (Lipinski definition) is 5. The number of para-hydroxylation sites is 1. The van der Waals surface area contributed by atoms with Gasteiger partial charge in [0.2, 0.25) is 0 Å². The second-order valence-electron chi connectivity index (χ2n) is 8.29. The molecule has 152 valence electrons. The molecule has 2 aliphatic rings. The Kier molecular flexibility index (Phi) is 5.12. The minimum absolute atomic E-state index is 0.225. The summed E-state index contributed by atoms with van der Waals surface area (Å²) in [5.74, 6) is 1.04. The third kappa shape index (κ3) is 4.23. The van der Waals surface area contributed by atoms with Gasteiger partial charge in [-0.3, -0.25) is 14.5 Å². The molecular weight excluding hydrogens is 364 g/mol. The summed E-state index contributed by atoms with van der Waals surface area (Å²) in [5.41, 5.74) is 5.00. The number of furan rings is 1. The second-order valence-corrected chi connectivity index (χ2v) is 8.29. The zero-order chi connectivity index (χ0) is 19.6. The van der Waals surface area contributed by atoms with Crippen LogP contribution in [0, 0.1) is 0 Å². The molecule has 1 aromatic carbocycles. The van der Waals surface area contributed by atoms with E-state index in [0.717, 1.165) is 63.6 Å². The summed E-state index contributed by atoms with van der Waals surface area (Å²) in [6.07, 6.45) is 5.92. The number of likely N-dealkylation sites (N-methyl/N-ethyl adjacent to an activating group) is 1. The number of rotatable bonds is 6. The zero-order valence-corrected chi connectivity index (χ0v) is 17.0. The van der Waals surface area contributed by atoms with Crippen LogP contribution in [-0.4, -0.2) is 45.8 Å². The third-order valence-corrected chi connectivity index (χ3v) is 5.79. The molecule has 0 saturated carbocycles. The monoisotopic (exact) mass is 392 g/mol. The van der Waals surface area contributed by atoms with Crippen molar-refractivity contribution >= 4 is 0 Å². The molecule has 0 radical (unpaired) electrons. The van der Waals surface area contributed by atoms with Gasteiger partial charge in [0.05, 0.1) is 23.9 Å². The maximum atomic E-state index is 6.10. The highest BCUT2D eigenvalue weighted by molar-refractivity contribution is 5.37. The van der Waals surface area contributed by atoms with E-state index in [-0.39, 0.29) is 6.10 Å². The van der Waals surface area contributed by atoms with E-state index in [9.17, 15) is 0 Å². The average molecular weight is 393 g/mol. The van der Waals surface area contributed by atoms with E-state index in [4.69, 9.17) is 14.3 Å². The fraction of sp³-hybridized carbons (Fsp3) is 0.435. The highest BCUT2D eigenvalue weighted by Crippen LogP contribution is 2.28. The van der Waals surface area contributed by atoms with E-state index in [1.54, 1.807) is 6.26 Å². The van der Waals surface area contributed by atoms with Crippen LogP contribution in [-0.2, 0) is 32.6 Å². The lowest BCUT2D eigenvalue weighted by atomic mass is 10.1. The van der Waals surface area contributed by atoms with E-state index in [1.807, 2.05) is 18.4 Å². The summed E-state index contributed by atoms with van der Waals surface area (Å²) in [4.78, 5) is 4.80. The summed E-state index contributed by atoms with van der Waals surface area (Å²) >= 11 is 0. The Balaban J connectivity index is 1.19. The Morgan fingerprint density at radius 3 is 3.00 bits per heavy atom. The van der Waals surface area contributed by atoms with Gasteiger partial charge in [-0.05, 0) is 37.2 Å². The van der Waals surface area contributed by atoms with Gasteiger partial charge in [0.15, 0.2) is 0 Å². The summed E-state index contributed by atoms with van der Waals surface area (Å²) in [5, 5.41) is 4.89. The molecule has 0 fully saturated rings. The molecule has 0 N–H and O–H groups in total. The number of aryl methyl sites for hydroxylation is 1. The van der Waals surface area contributed by atoms with Gasteiger partial charge in [0.25, 0.3) is 0 Å². The van der Waals surface area contributed by atoms with Gasteiger partial charge in [-0.15, -0.1) is 0 Å². The minimum atomic E-state index is 0.225. The average Bonchev–Trinajstić information content (AvgIpc) is 3.40. The van der Waals surface area contributed by atoms with Crippen LogP contribution in [0.1, 0.15) is 28.9 Å². The van der Waals surface area contributed by atoms with E-state index in [1.165, 1.54) is 16.8 Å².